The van der Waals surface area contributed by atoms with Crippen LogP contribution in [0.3, 0.4) is 0 Å². The van der Waals surface area contributed by atoms with Gasteiger partial charge in [-0.3, -0.25) is 24.6 Å². The first-order valence-corrected chi connectivity index (χ1v) is 11.1. The van der Waals surface area contributed by atoms with Crippen molar-refractivity contribution in [3.63, 3.8) is 0 Å². The van der Waals surface area contributed by atoms with Gasteiger partial charge in [-0.05, 0) is 24.5 Å². The number of anilines is 2. The number of aryl methyl sites for hydroxylation is 1. The molecule has 2 aromatic rings. The summed E-state index contributed by atoms with van der Waals surface area (Å²) < 4.78 is 0. The van der Waals surface area contributed by atoms with Gasteiger partial charge in [0, 0.05) is 25.8 Å². The second-order valence-corrected chi connectivity index (χ2v) is 9.14. The Hall–Kier alpha value is -2.81. The Labute approximate surface area is 179 Å². The number of para-hydroxylation sites is 1. The number of fused-ring (bicyclic) bond motifs is 3. The van der Waals surface area contributed by atoms with Crippen molar-refractivity contribution in [3.05, 3.63) is 34.8 Å². The summed E-state index contributed by atoms with van der Waals surface area (Å²) in [7, 11) is 0. The molecule has 1 N–H and O–H groups in total. The largest absolute Gasteiger partial charge is 0.307 e. The summed E-state index contributed by atoms with van der Waals surface area (Å²) in [4.78, 5) is 43.1. The molecule has 2 aliphatic rings. The maximum Gasteiger partial charge on any atom is 0.273 e. The van der Waals surface area contributed by atoms with E-state index in [4.69, 9.17) is 0 Å². The van der Waals surface area contributed by atoms with Crippen LogP contribution < -0.4 is 10.2 Å². The molecule has 4 rings (SSSR count). The summed E-state index contributed by atoms with van der Waals surface area (Å²) >= 11 is 1.32. The highest BCUT2D eigenvalue weighted by atomic mass is 32.1. The average molecular weight is 428 g/mol. The van der Waals surface area contributed by atoms with Gasteiger partial charge in [0.1, 0.15) is 5.01 Å². The van der Waals surface area contributed by atoms with Crippen molar-refractivity contribution in [2.45, 2.75) is 52.1 Å². The van der Waals surface area contributed by atoms with Crippen LogP contribution in [0.4, 0.5) is 10.8 Å². The van der Waals surface area contributed by atoms with E-state index in [-0.39, 0.29) is 30.6 Å². The van der Waals surface area contributed by atoms with Crippen LogP contribution in [0.2, 0.25) is 0 Å². The summed E-state index contributed by atoms with van der Waals surface area (Å²) in [5.41, 5.74) is -0.467. The number of hydrogen-bond acceptors (Lipinski definition) is 6. The highest BCUT2D eigenvalue weighted by molar-refractivity contribution is 7.15. The van der Waals surface area contributed by atoms with Gasteiger partial charge >= 0.3 is 0 Å². The Morgan fingerprint density at radius 2 is 2.03 bits per heavy atom. The number of hydrogen-bond donors (Lipinski definition) is 1. The number of nitrogens with one attached hydrogen (secondary N) is 1. The van der Waals surface area contributed by atoms with Crippen molar-refractivity contribution in [2.24, 2.45) is 5.92 Å². The molecule has 0 radical (unpaired) electrons. The van der Waals surface area contributed by atoms with Gasteiger partial charge in [-0.1, -0.05) is 44.2 Å². The summed E-state index contributed by atoms with van der Waals surface area (Å²) in [6, 6.07) is 6.99. The predicted molar refractivity (Wildman–Crippen MR) is 114 cm³/mol. The zero-order valence-corrected chi connectivity index (χ0v) is 18.2. The Morgan fingerprint density at radius 3 is 2.77 bits per heavy atom. The molecule has 0 saturated carbocycles. The van der Waals surface area contributed by atoms with E-state index >= 15 is 0 Å². The molecule has 0 aliphatic carbocycles. The zero-order valence-electron chi connectivity index (χ0n) is 17.3. The Morgan fingerprint density at radius 1 is 1.27 bits per heavy atom. The molecule has 3 amide bonds. The molecule has 158 valence electrons. The summed E-state index contributed by atoms with van der Waals surface area (Å²) in [5.74, 6) is -0.692. The van der Waals surface area contributed by atoms with E-state index in [1.54, 1.807) is 29.2 Å². The van der Waals surface area contributed by atoms with E-state index in [1.807, 2.05) is 13.8 Å². The van der Waals surface area contributed by atoms with Gasteiger partial charge in [-0.25, -0.2) is 0 Å². The monoisotopic (exact) mass is 427 g/mol. The molecule has 0 spiro atoms. The topological polar surface area (TPSA) is 95.5 Å². The molecule has 9 heteroatoms. The quantitative estimate of drug-likeness (QED) is 0.764. The van der Waals surface area contributed by atoms with Gasteiger partial charge in [-0.15, -0.1) is 10.2 Å². The van der Waals surface area contributed by atoms with Crippen molar-refractivity contribution in [1.82, 2.24) is 15.1 Å². The third-order valence-corrected chi connectivity index (χ3v) is 6.33. The first-order chi connectivity index (χ1) is 14.4. The second-order valence-electron chi connectivity index (χ2n) is 8.08. The van der Waals surface area contributed by atoms with Crippen LogP contribution in [0.5, 0.6) is 0 Å². The molecule has 8 nitrogen and oxygen atoms in total. The number of nitrogens with zero attached hydrogens (tertiary/aromatic N) is 4. The molecular formula is C21H25N5O3S. The van der Waals surface area contributed by atoms with Crippen molar-refractivity contribution < 1.29 is 14.4 Å². The normalized spacial score (nSPS) is 20.5. The molecule has 1 fully saturated rings. The molecule has 0 unspecified atom stereocenters. The summed E-state index contributed by atoms with van der Waals surface area (Å²) in [6.45, 7) is 6.39. The Kier molecular flexibility index (Phi) is 5.31. The van der Waals surface area contributed by atoms with E-state index in [1.165, 1.54) is 16.2 Å². The fourth-order valence-electron chi connectivity index (χ4n) is 4.22. The number of aromatic nitrogens is 2. The lowest BCUT2D eigenvalue weighted by atomic mass is 9.94. The summed E-state index contributed by atoms with van der Waals surface area (Å²) in [5, 5.41) is 12.3. The van der Waals surface area contributed by atoms with Gasteiger partial charge in [0.05, 0.1) is 11.3 Å². The maximum absolute atomic E-state index is 13.7. The fourth-order valence-corrected chi connectivity index (χ4v) is 5.05. The van der Waals surface area contributed by atoms with E-state index in [9.17, 15) is 14.4 Å². The van der Waals surface area contributed by atoms with Gasteiger partial charge in [0.2, 0.25) is 16.7 Å². The molecule has 0 bridgehead atoms. The van der Waals surface area contributed by atoms with Crippen LogP contribution in [-0.4, -0.2) is 45.0 Å². The molecule has 1 aromatic carbocycles. The van der Waals surface area contributed by atoms with Gasteiger partial charge in [-0.2, -0.15) is 0 Å². The smallest absolute Gasteiger partial charge is 0.273 e. The van der Waals surface area contributed by atoms with Crippen molar-refractivity contribution in [3.8, 4) is 0 Å². The van der Waals surface area contributed by atoms with Crippen LogP contribution in [0.15, 0.2) is 24.3 Å². The maximum atomic E-state index is 13.7. The second kappa shape index (κ2) is 7.79. The molecule has 1 atom stereocenters. The molecule has 1 aromatic heterocycles. The van der Waals surface area contributed by atoms with Crippen LogP contribution in [0, 0.1) is 5.92 Å². The predicted octanol–water partition coefficient (Wildman–Crippen LogP) is 3.06. The number of rotatable bonds is 6. The van der Waals surface area contributed by atoms with E-state index < -0.39 is 11.6 Å². The minimum Gasteiger partial charge on any atom is -0.307 e. The lowest BCUT2D eigenvalue weighted by Crippen LogP contribution is -2.69. The SMILES string of the molecule is CCCc1nnc(NC(=O)[C@]23CCC(=O)N2c2ccccc2C(=O)N3CC(C)C)s1. The minimum atomic E-state index is -1.40. The number of carbonyl (C=O) groups is 3. The van der Waals surface area contributed by atoms with Gasteiger partial charge in [0.15, 0.2) is 0 Å². The van der Waals surface area contributed by atoms with Crippen LogP contribution in [-0.2, 0) is 16.0 Å². The lowest BCUT2D eigenvalue weighted by Gasteiger charge is -2.49. The Balaban J connectivity index is 1.79. The summed E-state index contributed by atoms with van der Waals surface area (Å²) in [6.07, 6.45) is 2.16. The zero-order chi connectivity index (χ0) is 21.5. The molecule has 1 saturated heterocycles. The van der Waals surface area contributed by atoms with E-state index in [2.05, 4.69) is 22.4 Å². The minimum absolute atomic E-state index is 0.124. The van der Waals surface area contributed by atoms with Crippen LogP contribution in [0.25, 0.3) is 0 Å². The third-order valence-electron chi connectivity index (χ3n) is 5.44. The first kappa shape index (κ1) is 20.5. The van der Waals surface area contributed by atoms with Crippen molar-refractivity contribution in [1.29, 1.82) is 0 Å². The standard InChI is InChI=1S/C21H25N5O3S/c1-4-7-16-23-24-20(30-16)22-19(29)21-11-10-17(27)26(21)15-9-6-5-8-14(15)18(28)25(21)12-13(2)3/h5-6,8-9,13H,4,7,10-12H2,1-3H3,(H,22,24,29)/t21-/m0/s1. The molecule has 30 heavy (non-hydrogen) atoms. The molecule has 3 heterocycles. The number of amides is 3. The highest BCUT2D eigenvalue weighted by Crippen LogP contribution is 2.45. The van der Waals surface area contributed by atoms with E-state index in [0.29, 0.717) is 22.9 Å². The van der Waals surface area contributed by atoms with E-state index in [0.717, 1.165) is 17.8 Å². The van der Waals surface area contributed by atoms with Gasteiger partial charge in [0.25, 0.3) is 11.8 Å². The lowest BCUT2D eigenvalue weighted by molar-refractivity contribution is -0.129. The van der Waals surface area contributed by atoms with Crippen LogP contribution >= 0.6 is 11.3 Å². The van der Waals surface area contributed by atoms with Gasteiger partial charge < -0.3 is 4.90 Å². The average Bonchev–Trinajstić information content (AvgIpc) is 3.30. The number of carbonyl (C=O) groups excluding carboxylic acids is 3. The fraction of sp³-hybridized carbons (Fsp3) is 0.476. The number of benzene rings is 1. The van der Waals surface area contributed by atoms with Crippen molar-refractivity contribution in [2.75, 3.05) is 16.8 Å². The molecule has 2 aliphatic heterocycles. The third kappa shape index (κ3) is 3.17. The highest BCUT2D eigenvalue weighted by Gasteiger charge is 2.60. The van der Waals surface area contributed by atoms with Crippen molar-refractivity contribution >= 4 is 39.9 Å². The Bertz CT molecular complexity index is 1000. The first-order valence-electron chi connectivity index (χ1n) is 10.3. The van der Waals surface area contributed by atoms with Crippen LogP contribution in [0.1, 0.15) is 55.4 Å². The molecular weight excluding hydrogens is 402 g/mol.